The standard InChI is InChI=1S/C25H28N6O2/c1-29(2)19-6-9-26-21(13-19)18-14-27-24(28-15-18)31-16-25(7-8-25)20-5-4-17(12-22(20)31)23(33)30(3)10-11-32/h4-6,9,12-15,32H,7-8,10-11,16H2,1-3H3. The van der Waals surface area contributed by atoms with Crippen molar-refractivity contribution in [1.82, 2.24) is 19.9 Å². The molecule has 0 radical (unpaired) electrons. The van der Waals surface area contributed by atoms with Crippen molar-refractivity contribution in [2.45, 2.75) is 18.3 Å². The van der Waals surface area contributed by atoms with Crippen LogP contribution in [0.15, 0.2) is 48.9 Å². The maximum absolute atomic E-state index is 12.8. The van der Waals surface area contributed by atoms with Crippen LogP contribution in [-0.2, 0) is 5.41 Å². The van der Waals surface area contributed by atoms with Crippen molar-refractivity contribution in [3.05, 3.63) is 60.0 Å². The highest BCUT2D eigenvalue weighted by Crippen LogP contribution is 2.57. The molecule has 170 valence electrons. The van der Waals surface area contributed by atoms with E-state index in [2.05, 4.69) is 25.9 Å². The van der Waals surface area contributed by atoms with Gasteiger partial charge in [-0.3, -0.25) is 9.78 Å². The summed E-state index contributed by atoms with van der Waals surface area (Å²) in [4.78, 5) is 32.3. The SMILES string of the molecule is CN(CCO)C(=O)c1ccc2c(c1)N(c1ncc(-c3cc(N(C)C)ccn3)cn1)CC21CC1. The van der Waals surface area contributed by atoms with Gasteiger partial charge in [-0.15, -0.1) is 0 Å². The minimum Gasteiger partial charge on any atom is -0.395 e. The fourth-order valence-electron chi connectivity index (χ4n) is 4.49. The van der Waals surface area contributed by atoms with Gasteiger partial charge in [0.15, 0.2) is 0 Å². The molecule has 1 fully saturated rings. The average molecular weight is 445 g/mol. The van der Waals surface area contributed by atoms with Crippen molar-refractivity contribution in [3.8, 4) is 11.3 Å². The number of carbonyl (C=O) groups excluding carboxylic acids is 1. The number of rotatable bonds is 6. The van der Waals surface area contributed by atoms with Crippen molar-refractivity contribution >= 4 is 23.2 Å². The van der Waals surface area contributed by atoms with Gasteiger partial charge in [0.2, 0.25) is 5.95 Å². The Morgan fingerprint density at radius 3 is 2.52 bits per heavy atom. The number of anilines is 3. The van der Waals surface area contributed by atoms with Crippen molar-refractivity contribution in [1.29, 1.82) is 0 Å². The molecule has 0 unspecified atom stereocenters. The van der Waals surface area contributed by atoms with Crippen LogP contribution in [0.1, 0.15) is 28.8 Å². The van der Waals surface area contributed by atoms with E-state index in [0.29, 0.717) is 18.1 Å². The maximum atomic E-state index is 12.8. The van der Waals surface area contributed by atoms with Crippen LogP contribution >= 0.6 is 0 Å². The molecule has 0 saturated heterocycles. The Labute approximate surface area is 193 Å². The predicted octanol–water partition coefficient (Wildman–Crippen LogP) is 2.85. The summed E-state index contributed by atoms with van der Waals surface area (Å²) in [6.07, 6.45) is 7.68. The molecule has 5 rings (SSSR count). The first-order chi connectivity index (χ1) is 15.9. The second-order valence-electron chi connectivity index (χ2n) is 9.11. The Kier molecular flexibility index (Phi) is 5.25. The Morgan fingerprint density at radius 1 is 1.09 bits per heavy atom. The maximum Gasteiger partial charge on any atom is 0.253 e. The largest absolute Gasteiger partial charge is 0.395 e. The van der Waals surface area contributed by atoms with Gasteiger partial charge in [-0.1, -0.05) is 6.07 Å². The lowest BCUT2D eigenvalue weighted by Gasteiger charge is -2.20. The van der Waals surface area contributed by atoms with Crippen LogP contribution in [0, 0.1) is 0 Å². The first-order valence-electron chi connectivity index (χ1n) is 11.2. The van der Waals surface area contributed by atoms with Gasteiger partial charge < -0.3 is 19.8 Å². The summed E-state index contributed by atoms with van der Waals surface area (Å²) >= 11 is 0. The van der Waals surface area contributed by atoms with E-state index in [0.717, 1.165) is 42.0 Å². The molecule has 1 aromatic carbocycles. The minimum atomic E-state index is -0.105. The van der Waals surface area contributed by atoms with Gasteiger partial charge >= 0.3 is 0 Å². The molecule has 3 aromatic rings. The third-order valence-electron chi connectivity index (χ3n) is 6.64. The van der Waals surface area contributed by atoms with Gasteiger partial charge in [0.05, 0.1) is 12.3 Å². The predicted molar refractivity (Wildman–Crippen MR) is 128 cm³/mol. The number of hydrogen-bond donors (Lipinski definition) is 1. The zero-order chi connectivity index (χ0) is 23.2. The number of pyridine rings is 1. The van der Waals surface area contributed by atoms with Crippen molar-refractivity contribution < 1.29 is 9.90 Å². The number of nitrogens with zero attached hydrogens (tertiary/aromatic N) is 6. The lowest BCUT2D eigenvalue weighted by Crippen LogP contribution is -2.29. The molecule has 3 heterocycles. The number of aromatic nitrogens is 3. The smallest absolute Gasteiger partial charge is 0.253 e. The molecule has 1 N–H and O–H groups in total. The molecule has 1 spiro atoms. The molecule has 1 amide bonds. The summed E-state index contributed by atoms with van der Waals surface area (Å²) in [6.45, 7) is 1.06. The normalized spacial score (nSPS) is 15.5. The van der Waals surface area contributed by atoms with Gasteiger partial charge in [-0.25, -0.2) is 9.97 Å². The zero-order valence-electron chi connectivity index (χ0n) is 19.2. The topological polar surface area (TPSA) is 85.7 Å². The van der Waals surface area contributed by atoms with E-state index in [9.17, 15) is 9.90 Å². The number of amides is 1. The fraction of sp³-hybridized carbons (Fsp3) is 0.360. The Hall–Kier alpha value is -3.52. The fourth-order valence-corrected chi connectivity index (χ4v) is 4.49. The van der Waals surface area contributed by atoms with Crippen molar-refractivity contribution in [2.75, 3.05) is 50.6 Å². The second-order valence-corrected chi connectivity index (χ2v) is 9.11. The zero-order valence-corrected chi connectivity index (χ0v) is 19.2. The number of aliphatic hydroxyl groups excluding tert-OH is 1. The molecule has 8 heteroatoms. The van der Waals surface area contributed by atoms with E-state index in [-0.39, 0.29) is 17.9 Å². The lowest BCUT2D eigenvalue weighted by molar-refractivity contribution is 0.0767. The number of fused-ring (bicyclic) bond motifs is 2. The van der Waals surface area contributed by atoms with Crippen LogP contribution < -0.4 is 9.80 Å². The monoisotopic (exact) mass is 444 g/mol. The van der Waals surface area contributed by atoms with Crippen LogP contribution in [0.2, 0.25) is 0 Å². The van der Waals surface area contributed by atoms with Crippen LogP contribution in [0.25, 0.3) is 11.3 Å². The van der Waals surface area contributed by atoms with E-state index in [1.807, 2.05) is 55.7 Å². The number of likely N-dealkylation sites (N-methyl/N-ethyl adjacent to an activating group) is 1. The molecule has 2 aromatic heterocycles. The summed E-state index contributed by atoms with van der Waals surface area (Å²) in [5, 5.41) is 9.18. The second kappa shape index (κ2) is 8.12. The van der Waals surface area contributed by atoms with E-state index in [1.165, 1.54) is 10.5 Å². The van der Waals surface area contributed by atoms with Crippen molar-refractivity contribution in [3.63, 3.8) is 0 Å². The Morgan fingerprint density at radius 2 is 1.85 bits per heavy atom. The van der Waals surface area contributed by atoms with Gasteiger partial charge in [-0.05, 0) is 42.7 Å². The lowest BCUT2D eigenvalue weighted by atomic mass is 9.97. The van der Waals surface area contributed by atoms with E-state index in [1.54, 1.807) is 13.2 Å². The summed E-state index contributed by atoms with van der Waals surface area (Å²) in [5.41, 5.74) is 5.75. The Balaban J connectivity index is 1.46. The van der Waals surface area contributed by atoms with Gasteiger partial charge in [0.25, 0.3) is 5.91 Å². The molecule has 0 bridgehead atoms. The molecule has 1 aliphatic heterocycles. The molecular formula is C25H28N6O2. The van der Waals surface area contributed by atoms with Crippen LogP contribution in [0.3, 0.4) is 0 Å². The molecule has 0 atom stereocenters. The third-order valence-corrected chi connectivity index (χ3v) is 6.64. The third kappa shape index (κ3) is 3.80. The summed E-state index contributed by atoms with van der Waals surface area (Å²) < 4.78 is 0. The van der Waals surface area contributed by atoms with Crippen LogP contribution in [0.4, 0.5) is 17.3 Å². The van der Waals surface area contributed by atoms with Crippen LogP contribution in [0.5, 0.6) is 0 Å². The number of carbonyl (C=O) groups is 1. The highest BCUT2D eigenvalue weighted by molar-refractivity contribution is 5.96. The van der Waals surface area contributed by atoms with Gasteiger partial charge in [0.1, 0.15) is 0 Å². The Bertz CT molecular complexity index is 1190. The molecule has 2 aliphatic rings. The number of aliphatic hydroxyl groups is 1. The number of hydrogen-bond acceptors (Lipinski definition) is 7. The average Bonchev–Trinajstić information content (AvgIpc) is 3.55. The summed E-state index contributed by atoms with van der Waals surface area (Å²) in [5.74, 6) is 0.521. The molecule has 8 nitrogen and oxygen atoms in total. The van der Waals surface area contributed by atoms with E-state index >= 15 is 0 Å². The molecule has 1 saturated carbocycles. The quantitative estimate of drug-likeness (QED) is 0.626. The first-order valence-corrected chi connectivity index (χ1v) is 11.2. The van der Waals surface area contributed by atoms with E-state index < -0.39 is 0 Å². The first kappa shape index (κ1) is 21.3. The van der Waals surface area contributed by atoms with Gasteiger partial charge in [0, 0.05) is 80.7 Å². The van der Waals surface area contributed by atoms with Crippen molar-refractivity contribution in [2.24, 2.45) is 0 Å². The van der Waals surface area contributed by atoms with Gasteiger partial charge in [-0.2, -0.15) is 0 Å². The summed E-state index contributed by atoms with van der Waals surface area (Å²) in [6, 6.07) is 9.90. The van der Waals surface area contributed by atoms with Crippen LogP contribution in [-0.4, -0.2) is 71.7 Å². The molecular weight excluding hydrogens is 416 g/mol. The highest BCUT2D eigenvalue weighted by Gasteiger charge is 2.52. The minimum absolute atomic E-state index is 0.0606. The molecule has 33 heavy (non-hydrogen) atoms. The highest BCUT2D eigenvalue weighted by atomic mass is 16.3. The van der Waals surface area contributed by atoms with E-state index in [4.69, 9.17) is 0 Å². The number of benzene rings is 1. The summed E-state index contributed by atoms with van der Waals surface area (Å²) in [7, 11) is 5.70. The molecule has 1 aliphatic carbocycles.